The third-order valence-electron chi connectivity index (χ3n) is 5.38. The Morgan fingerprint density at radius 1 is 1.33 bits per heavy atom. The van der Waals surface area contributed by atoms with Crippen molar-refractivity contribution in [3.8, 4) is 0 Å². The smallest absolute Gasteiger partial charge is 0.315 e. The van der Waals surface area contributed by atoms with Crippen LogP contribution in [0.2, 0.25) is 0 Å². The number of amides is 2. The van der Waals surface area contributed by atoms with E-state index < -0.39 is 0 Å². The van der Waals surface area contributed by atoms with Crippen LogP contribution in [0.15, 0.2) is 0 Å². The summed E-state index contributed by atoms with van der Waals surface area (Å²) in [5.41, 5.74) is 0.356. The molecule has 1 saturated carbocycles. The number of thioether (sulfide) groups is 1. The standard InChI is InChI=1S/C16H28N2O2S/c1-15(5-2-3-6-15)11-17-14(19)18-13-4-8-20-16(10-13)7-9-21-12-16/h13H,2-12H2,1H3,(H2,17,18,19)/t13-,16+/m1/s1. The first-order valence-corrected chi connectivity index (χ1v) is 9.51. The second-order valence-corrected chi connectivity index (χ2v) is 8.47. The van der Waals surface area contributed by atoms with Gasteiger partial charge in [-0.2, -0.15) is 11.8 Å². The summed E-state index contributed by atoms with van der Waals surface area (Å²) in [4.78, 5) is 12.1. The van der Waals surface area contributed by atoms with Crippen molar-refractivity contribution < 1.29 is 9.53 Å². The van der Waals surface area contributed by atoms with E-state index in [1.807, 2.05) is 11.8 Å². The van der Waals surface area contributed by atoms with Crippen molar-refractivity contribution in [1.29, 1.82) is 0 Å². The Hall–Kier alpha value is -0.420. The molecule has 1 spiro atoms. The predicted molar refractivity (Wildman–Crippen MR) is 86.8 cm³/mol. The van der Waals surface area contributed by atoms with Crippen molar-refractivity contribution in [2.75, 3.05) is 24.7 Å². The minimum absolute atomic E-state index is 0.0100. The van der Waals surface area contributed by atoms with E-state index >= 15 is 0 Å². The molecule has 21 heavy (non-hydrogen) atoms. The summed E-state index contributed by atoms with van der Waals surface area (Å²) in [7, 11) is 0. The molecule has 1 aliphatic carbocycles. The van der Waals surface area contributed by atoms with Crippen LogP contribution in [-0.2, 0) is 4.74 Å². The lowest BCUT2D eigenvalue weighted by Gasteiger charge is -2.38. The largest absolute Gasteiger partial charge is 0.374 e. The molecule has 0 bridgehead atoms. The van der Waals surface area contributed by atoms with E-state index in [0.717, 1.165) is 38.2 Å². The van der Waals surface area contributed by atoms with Gasteiger partial charge >= 0.3 is 6.03 Å². The lowest BCUT2D eigenvalue weighted by molar-refractivity contribution is -0.0684. The van der Waals surface area contributed by atoms with Crippen LogP contribution in [0.5, 0.6) is 0 Å². The summed E-state index contributed by atoms with van der Waals surface area (Å²) in [6, 6.07) is 0.282. The molecule has 2 atom stereocenters. The fourth-order valence-electron chi connectivity index (χ4n) is 3.95. The maximum Gasteiger partial charge on any atom is 0.315 e. The topological polar surface area (TPSA) is 50.4 Å². The molecule has 0 aromatic heterocycles. The molecule has 2 amide bonds. The van der Waals surface area contributed by atoms with E-state index in [4.69, 9.17) is 4.74 Å². The summed E-state index contributed by atoms with van der Waals surface area (Å²) in [6.07, 6.45) is 8.15. The number of carbonyl (C=O) groups excluding carboxylic acids is 1. The highest BCUT2D eigenvalue weighted by atomic mass is 32.2. The van der Waals surface area contributed by atoms with Gasteiger partial charge in [0.2, 0.25) is 0 Å². The van der Waals surface area contributed by atoms with Gasteiger partial charge in [0.15, 0.2) is 0 Å². The number of urea groups is 1. The number of hydrogen-bond acceptors (Lipinski definition) is 3. The van der Waals surface area contributed by atoms with E-state index in [-0.39, 0.29) is 17.7 Å². The van der Waals surface area contributed by atoms with Gasteiger partial charge < -0.3 is 15.4 Å². The van der Waals surface area contributed by atoms with Crippen LogP contribution in [-0.4, -0.2) is 42.3 Å². The summed E-state index contributed by atoms with van der Waals surface area (Å²) < 4.78 is 6.00. The second-order valence-electron chi connectivity index (χ2n) is 7.37. The van der Waals surface area contributed by atoms with Gasteiger partial charge in [-0.05, 0) is 43.3 Å². The lowest BCUT2D eigenvalue weighted by Crippen LogP contribution is -2.51. The van der Waals surface area contributed by atoms with Gasteiger partial charge in [-0.1, -0.05) is 19.8 Å². The molecule has 0 radical (unpaired) electrons. The monoisotopic (exact) mass is 312 g/mol. The van der Waals surface area contributed by atoms with E-state index in [1.54, 1.807) is 0 Å². The molecule has 0 unspecified atom stereocenters. The van der Waals surface area contributed by atoms with Crippen molar-refractivity contribution in [1.82, 2.24) is 10.6 Å². The van der Waals surface area contributed by atoms with Crippen molar-refractivity contribution >= 4 is 17.8 Å². The fourth-order valence-corrected chi connectivity index (χ4v) is 5.33. The van der Waals surface area contributed by atoms with Gasteiger partial charge in [-0.3, -0.25) is 0 Å². The van der Waals surface area contributed by atoms with Crippen molar-refractivity contribution in [3.63, 3.8) is 0 Å². The van der Waals surface area contributed by atoms with Crippen molar-refractivity contribution in [2.45, 2.75) is 63.5 Å². The number of hydrogen-bond donors (Lipinski definition) is 2. The first kappa shape index (κ1) is 15.5. The zero-order chi connectivity index (χ0) is 14.8. The first-order valence-electron chi connectivity index (χ1n) is 8.35. The van der Waals surface area contributed by atoms with E-state index in [0.29, 0.717) is 5.41 Å². The number of nitrogens with one attached hydrogen (secondary N) is 2. The Kier molecular flexibility index (Phi) is 4.69. The molecule has 0 aromatic carbocycles. The van der Waals surface area contributed by atoms with Gasteiger partial charge in [-0.15, -0.1) is 0 Å². The maximum atomic E-state index is 12.1. The van der Waals surface area contributed by atoms with Gasteiger partial charge in [0.05, 0.1) is 5.60 Å². The van der Waals surface area contributed by atoms with Crippen LogP contribution in [0.1, 0.15) is 51.9 Å². The average molecular weight is 312 g/mol. The minimum atomic E-state index is 0.0100. The Morgan fingerprint density at radius 3 is 2.86 bits per heavy atom. The third kappa shape index (κ3) is 3.86. The SMILES string of the molecule is CC1(CNC(=O)N[C@@H]2CCO[C@@]3(CCSC3)C2)CCCC1. The molecular formula is C16H28N2O2S. The zero-order valence-electron chi connectivity index (χ0n) is 13.1. The van der Waals surface area contributed by atoms with Crippen molar-refractivity contribution in [2.24, 2.45) is 5.41 Å². The lowest BCUT2D eigenvalue weighted by atomic mass is 9.89. The zero-order valence-corrected chi connectivity index (χ0v) is 13.9. The van der Waals surface area contributed by atoms with Gasteiger partial charge in [0, 0.05) is 24.9 Å². The van der Waals surface area contributed by atoms with Crippen LogP contribution >= 0.6 is 11.8 Å². The van der Waals surface area contributed by atoms with E-state index in [1.165, 1.54) is 31.4 Å². The Labute approximate surface area is 132 Å². The molecular weight excluding hydrogens is 284 g/mol. The number of rotatable bonds is 3. The number of carbonyl (C=O) groups is 1. The molecule has 2 heterocycles. The molecule has 120 valence electrons. The molecule has 0 aromatic rings. The summed E-state index contributed by atoms with van der Waals surface area (Å²) in [5.74, 6) is 2.28. The average Bonchev–Trinajstić information content (AvgIpc) is 3.08. The molecule has 3 aliphatic rings. The first-order chi connectivity index (χ1) is 10.1. The molecule has 2 saturated heterocycles. The Balaban J connectivity index is 1.44. The predicted octanol–water partition coefficient (Wildman–Crippen LogP) is 2.92. The summed E-state index contributed by atoms with van der Waals surface area (Å²) in [5, 5.41) is 6.27. The third-order valence-corrected chi connectivity index (χ3v) is 6.60. The van der Waals surface area contributed by atoms with Crippen LogP contribution in [0, 0.1) is 5.41 Å². The van der Waals surface area contributed by atoms with E-state index in [2.05, 4.69) is 17.6 Å². The van der Waals surface area contributed by atoms with Gasteiger partial charge in [-0.25, -0.2) is 4.79 Å². The highest BCUT2D eigenvalue weighted by Crippen LogP contribution is 2.38. The molecule has 3 rings (SSSR count). The molecule has 2 N–H and O–H groups in total. The molecule has 2 aliphatic heterocycles. The van der Waals surface area contributed by atoms with Gasteiger partial charge in [0.1, 0.15) is 0 Å². The van der Waals surface area contributed by atoms with Crippen molar-refractivity contribution in [3.05, 3.63) is 0 Å². The quantitative estimate of drug-likeness (QED) is 0.842. The van der Waals surface area contributed by atoms with Gasteiger partial charge in [0.25, 0.3) is 0 Å². The van der Waals surface area contributed by atoms with Crippen LogP contribution in [0.3, 0.4) is 0 Å². The van der Waals surface area contributed by atoms with E-state index in [9.17, 15) is 4.79 Å². The fraction of sp³-hybridized carbons (Fsp3) is 0.938. The normalized spacial score (nSPS) is 35.0. The van der Waals surface area contributed by atoms with Crippen LogP contribution in [0.4, 0.5) is 4.79 Å². The molecule has 4 nitrogen and oxygen atoms in total. The Morgan fingerprint density at radius 2 is 2.14 bits per heavy atom. The molecule has 5 heteroatoms. The van der Waals surface area contributed by atoms with Crippen LogP contribution in [0.25, 0.3) is 0 Å². The number of ether oxygens (including phenoxy) is 1. The minimum Gasteiger partial charge on any atom is -0.374 e. The highest BCUT2D eigenvalue weighted by Gasteiger charge is 2.40. The summed E-state index contributed by atoms with van der Waals surface area (Å²) >= 11 is 1.97. The summed E-state index contributed by atoms with van der Waals surface area (Å²) in [6.45, 7) is 3.88. The highest BCUT2D eigenvalue weighted by molar-refractivity contribution is 7.99. The second kappa shape index (κ2) is 6.37. The Bertz CT molecular complexity index is 376. The molecule has 3 fully saturated rings. The maximum absolute atomic E-state index is 12.1. The van der Waals surface area contributed by atoms with Crippen LogP contribution < -0.4 is 10.6 Å².